The van der Waals surface area contributed by atoms with Gasteiger partial charge in [-0.1, -0.05) is 34.1 Å². The number of fused-ring (bicyclic) bond motifs is 1. The number of nitrogens with one attached hydrogen (secondary N) is 1. The molecular formula is C19H20BrNO3. The van der Waals surface area contributed by atoms with Crippen molar-refractivity contribution in [3.8, 4) is 11.5 Å². The van der Waals surface area contributed by atoms with Crippen LogP contribution in [-0.2, 0) is 17.8 Å². The molecule has 0 saturated heterocycles. The first kappa shape index (κ1) is 16.8. The van der Waals surface area contributed by atoms with E-state index in [9.17, 15) is 4.79 Å². The summed E-state index contributed by atoms with van der Waals surface area (Å²) in [6.07, 6.45) is 3.46. The molecular weight excluding hydrogens is 370 g/mol. The molecule has 0 unspecified atom stereocenters. The predicted molar refractivity (Wildman–Crippen MR) is 96.1 cm³/mol. The average molecular weight is 390 g/mol. The highest BCUT2D eigenvalue weighted by Gasteiger charge is 2.13. The smallest absolute Gasteiger partial charge is 0.231 e. The summed E-state index contributed by atoms with van der Waals surface area (Å²) in [6.45, 7) is 0.783. The van der Waals surface area contributed by atoms with Gasteiger partial charge in [0.05, 0.1) is 0 Å². The first-order chi connectivity index (χ1) is 11.7. The molecule has 0 fully saturated rings. The first-order valence-corrected chi connectivity index (χ1v) is 8.90. The van der Waals surface area contributed by atoms with Crippen molar-refractivity contribution in [3.05, 3.63) is 58.1 Å². The molecule has 4 nitrogen and oxygen atoms in total. The second-order valence-corrected chi connectivity index (χ2v) is 6.71. The number of carbonyl (C=O) groups is 1. The van der Waals surface area contributed by atoms with E-state index in [1.165, 1.54) is 5.56 Å². The third-order valence-electron chi connectivity index (χ3n) is 3.96. The SMILES string of the molecule is O=C(CCCCc1ccc(Br)cc1)NCc1ccc2c(c1)OCO2. The highest BCUT2D eigenvalue weighted by Crippen LogP contribution is 2.32. The normalized spacial score (nSPS) is 12.2. The van der Waals surface area contributed by atoms with Crippen molar-refractivity contribution in [3.63, 3.8) is 0 Å². The standard InChI is InChI=1S/C19H20BrNO3/c20-16-8-5-14(6-9-16)3-1-2-4-19(22)21-12-15-7-10-17-18(11-15)24-13-23-17/h5-11H,1-4,12-13H2,(H,21,22). The molecule has 2 aromatic carbocycles. The van der Waals surface area contributed by atoms with Gasteiger partial charge in [0.1, 0.15) is 0 Å². The Morgan fingerprint density at radius 2 is 1.75 bits per heavy atom. The molecule has 0 saturated carbocycles. The Hall–Kier alpha value is -2.01. The number of rotatable bonds is 7. The summed E-state index contributed by atoms with van der Waals surface area (Å²) in [6, 6.07) is 14.1. The molecule has 1 aliphatic rings. The van der Waals surface area contributed by atoms with Crippen LogP contribution in [0.2, 0.25) is 0 Å². The second-order valence-electron chi connectivity index (χ2n) is 5.80. The molecule has 1 N–H and O–H groups in total. The number of hydrogen-bond donors (Lipinski definition) is 1. The molecule has 24 heavy (non-hydrogen) atoms. The molecule has 126 valence electrons. The van der Waals surface area contributed by atoms with Crippen molar-refractivity contribution >= 4 is 21.8 Å². The Bertz CT molecular complexity index is 700. The zero-order valence-corrected chi connectivity index (χ0v) is 15.0. The van der Waals surface area contributed by atoms with Crippen LogP contribution in [0.1, 0.15) is 30.4 Å². The van der Waals surface area contributed by atoms with Gasteiger partial charge in [0.15, 0.2) is 11.5 Å². The molecule has 1 heterocycles. The monoisotopic (exact) mass is 389 g/mol. The Morgan fingerprint density at radius 3 is 2.58 bits per heavy atom. The molecule has 0 bridgehead atoms. The van der Waals surface area contributed by atoms with Gasteiger partial charge in [0.2, 0.25) is 12.7 Å². The number of halogens is 1. The topological polar surface area (TPSA) is 47.6 Å². The number of benzene rings is 2. The van der Waals surface area contributed by atoms with Crippen LogP contribution in [-0.4, -0.2) is 12.7 Å². The predicted octanol–water partition coefficient (Wildman–Crippen LogP) is 4.21. The van der Waals surface area contributed by atoms with Gasteiger partial charge in [-0.25, -0.2) is 0 Å². The van der Waals surface area contributed by atoms with Gasteiger partial charge in [-0.2, -0.15) is 0 Å². The Labute approximate surface area is 150 Å². The molecule has 2 aromatic rings. The third kappa shape index (κ3) is 4.74. The van der Waals surface area contributed by atoms with E-state index < -0.39 is 0 Å². The van der Waals surface area contributed by atoms with E-state index in [1.807, 2.05) is 30.3 Å². The molecule has 0 aliphatic carbocycles. The maximum atomic E-state index is 11.9. The molecule has 1 aliphatic heterocycles. The summed E-state index contributed by atoms with van der Waals surface area (Å²) in [4.78, 5) is 11.9. The molecule has 0 radical (unpaired) electrons. The quantitative estimate of drug-likeness (QED) is 0.721. The molecule has 3 rings (SSSR count). The van der Waals surface area contributed by atoms with E-state index in [1.54, 1.807) is 0 Å². The fourth-order valence-electron chi connectivity index (χ4n) is 2.61. The van der Waals surface area contributed by atoms with Crippen LogP contribution in [0.5, 0.6) is 11.5 Å². The second kappa shape index (κ2) is 8.20. The lowest BCUT2D eigenvalue weighted by molar-refractivity contribution is -0.121. The summed E-state index contributed by atoms with van der Waals surface area (Å²) in [7, 11) is 0. The summed E-state index contributed by atoms with van der Waals surface area (Å²) < 4.78 is 11.7. The van der Waals surface area contributed by atoms with E-state index in [2.05, 4.69) is 33.4 Å². The Kier molecular flexibility index (Phi) is 5.75. The number of carbonyl (C=O) groups excluding carboxylic acids is 1. The van der Waals surface area contributed by atoms with Gasteiger partial charge < -0.3 is 14.8 Å². The lowest BCUT2D eigenvalue weighted by Crippen LogP contribution is -2.22. The maximum absolute atomic E-state index is 11.9. The van der Waals surface area contributed by atoms with Crippen molar-refractivity contribution in [1.82, 2.24) is 5.32 Å². The molecule has 0 aromatic heterocycles. The van der Waals surface area contributed by atoms with Crippen molar-refractivity contribution in [1.29, 1.82) is 0 Å². The Balaban J connectivity index is 1.34. The van der Waals surface area contributed by atoms with Crippen molar-refractivity contribution in [2.45, 2.75) is 32.2 Å². The van der Waals surface area contributed by atoms with Crippen molar-refractivity contribution < 1.29 is 14.3 Å². The van der Waals surface area contributed by atoms with Crippen LogP contribution in [0.25, 0.3) is 0 Å². The summed E-state index contributed by atoms with van der Waals surface area (Å²) >= 11 is 3.43. The van der Waals surface area contributed by atoms with Gasteiger partial charge in [-0.05, 0) is 54.7 Å². The van der Waals surface area contributed by atoms with E-state index in [0.29, 0.717) is 13.0 Å². The third-order valence-corrected chi connectivity index (χ3v) is 4.49. The number of amides is 1. The number of hydrogen-bond acceptors (Lipinski definition) is 3. The number of ether oxygens (including phenoxy) is 2. The van der Waals surface area contributed by atoms with E-state index >= 15 is 0 Å². The minimum Gasteiger partial charge on any atom is -0.454 e. The lowest BCUT2D eigenvalue weighted by atomic mass is 10.1. The van der Waals surface area contributed by atoms with Crippen LogP contribution in [0.3, 0.4) is 0 Å². The summed E-state index contributed by atoms with van der Waals surface area (Å²) in [5, 5.41) is 2.95. The highest BCUT2D eigenvalue weighted by molar-refractivity contribution is 9.10. The van der Waals surface area contributed by atoms with Crippen LogP contribution >= 0.6 is 15.9 Å². The zero-order chi connectivity index (χ0) is 16.8. The fraction of sp³-hybridized carbons (Fsp3) is 0.316. The molecule has 0 spiro atoms. The van der Waals surface area contributed by atoms with Gasteiger partial charge in [-0.3, -0.25) is 4.79 Å². The van der Waals surface area contributed by atoms with Crippen LogP contribution < -0.4 is 14.8 Å². The minimum atomic E-state index is 0.0865. The van der Waals surface area contributed by atoms with Crippen LogP contribution in [0.15, 0.2) is 46.9 Å². The number of aryl methyl sites for hydroxylation is 1. The minimum absolute atomic E-state index is 0.0865. The number of unbranched alkanes of at least 4 members (excludes halogenated alkanes) is 1. The molecule has 5 heteroatoms. The lowest BCUT2D eigenvalue weighted by Gasteiger charge is -2.06. The molecule has 1 amide bonds. The first-order valence-electron chi connectivity index (χ1n) is 8.10. The maximum Gasteiger partial charge on any atom is 0.231 e. The fourth-order valence-corrected chi connectivity index (χ4v) is 2.87. The van der Waals surface area contributed by atoms with E-state index in [0.717, 1.165) is 40.8 Å². The van der Waals surface area contributed by atoms with E-state index in [4.69, 9.17) is 9.47 Å². The van der Waals surface area contributed by atoms with Crippen LogP contribution in [0.4, 0.5) is 0 Å². The highest BCUT2D eigenvalue weighted by atomic mass is 79.9. The zero-order valence-electron chi connectivity index (χ0n) is 13.4. The van der Waals surface area contributed by atoms with Gasteiger partial charge in [0.25, 0.3) is 0 Å². The van der Waals surface area contributed by atoms with Crippen molar-refractivity contribution in [2.24, 2.45) is 0 Å². The van der Waals surface area contributed by atoms with Crippen LogP contribution in [0, 0.1) is 0 Å². The molecule has 0 atom stereocenters. The summed E-state index contributed by atoms with van der Waals surface area (Å²) in [5.74, 6) is 1.60. The van der Waals surface area contributed by atoms with E-state index in [-0.39, 0.29) is 12.7 Å². The Morgan fingerprint density at radius 1 is 1.00 bits per heavy atom. The van der Waals surface area contributed by atoms with Gasteiger partial charge in [-0.15, -0.1) is 0 Å². The van der Waals surface area contributed by atoms with Gasteiger partial charge >= 0.3 is 0 Å². The van der Waals surface area contributed by atoms with Gasteiger partial charge in [0, 0.05) is 17.4 Å². The summed E-state index contributed by atoms with van der Waals surface area (Å²) in [5.41, 5.74) is 2.32. The van der Waals surface area contributed by atoms with Crippen molar-refractivity contribution in [2.75, 3.05) is 6.79 Å². The average Bonchev–Trinajstić information content (AvgIpc) is 3.06. The largest absolute Gasteiger partial charge is 0.454 e.